The summed E-state index contributed by atoms with van der Waals surface area (Å²) in [6, 6.07) is 9.41. The minimum atomic E-state index is -3.52. The van der Waals surface area contributed by atoms with Gasteiger partial charge in [-0.15, -0.1) is 11.3 Å². The molecule has 4 rings (SSSR count). The molecule has 0 radical (unpaired) electrons. The van der Waals surface area contributed by atoms with E-state index >= 15 is 0 Å². The number of amides is 1. The lowest BCUT2D eigenvalue weighted by atomic mass is 9.97. The minimum Gasteiger partial charge on any atom is -0.340 e. The van der Waals surface area contributed by atoms with E-state index in [1.807, 2.05) is 36.1 Å². The molecule has 1 atom stereocenters. The first-order valence-electron chi connectivity index (χ1n) is 10.4. The molecule has 2 aliphatic heterocycles. The Labute approximate surface area is 182 Å². The molecule has 1 unspecified atom stereocenters. The van der Waals surface area contributed by atoms with Crippen LogP contribution in [-0.2, 0) is 21.4 Å². The summed E-state index contributed by atoms with van der Waals surface area (Å²) in [5, 5.41) is 0. The van der Waals surface area contributed by atoms with E-state index < -0.39 is 10.0 Å². The first-order valence-corrected chi connectivity index (χ1v) is 12.7. The average Bonchev–Trinajstić information content (AvgIpc) is 3.22. The zero-order chi connectivity index (χ0) is 21.1. The van der Waals surface area contributed by atoms with Crippen molar-refractivity contribution < 1.29 is 13.2 Å². The summed E-state index contributed by atoms with van der Waals surface area (Å²) in [6.45, 7) is 6.45. The quantitative estimate of drug-likeness (QED) is 0.701. The second-order valence-corrected chi connectivity index (χ2v) is 11.4. The van der Waals surface area contributed by atoms with Crippen molar-refractivity contribution in [2.75, 3.05) is 39.3 Å². The highest BCUT2D eigenvalue weighted by atomic mass is 32.2. The molecule has 0 saturated carbocycles. The highest BCUT2D eigenvalue weighted by Crippen LogP contribution is 2.29. The Bertz CT molecular complexity index is 969. The zero-order valence-corrected chi connectivity index (χ0v) is 18.9. The summed E-state index contributed by atoms with van der Waals surface area (Å²) in [4.78, 5) is 22.7. The summed E-state index contributed by atoms with van der Waals surface area (Å²) in [7, 11) is -3.52. The van der Waals surface area contributed by atoms with Crippen LogP contribution in [0.4, 0.5) is 0 Å². The lowest BCUT2D eigenvalue weighted by Crippen LogP contribution is -2.52. The first kappa shape index (κ1) is 21.4. The monoisotopic (exact) mass is 448 g/mol. The van der Waals surface area contributed by atoms with Crippen LogP contribution in [0.3, 0.4) is 0 Å². The van der Waals surface area contributed by atoms with Crippen LogP contribution in [0.2, 0.25) is 0 Å². The highest BCUT2D eigenvalue weighted by molar-refractivity contribution is 7.91. The number of carbonyl (C=O) groups is 1. The smallest absolute Gasteiger partial charge is 0.252 e. The SMILES string of the molecule is Cc1ccc(S(=O)(=O)N2CCCC(C(=O)N3CCN(Cc4ccccn4)CC3)C2)s1. The van der Waals surface area contributed by atoms with E-state index in [2.05, 4.69) is 9.88 Å². The third-order valence-corrected chi connectivity index (χ3v) is 9.17. The maximum Gasteiger partial charge on any atom is 0.252 e. The fourth-order valence-electron chi connectivity index (χ4n) is 4.15. The Kier molecular flexibility index (Phi) is 6.52. The molecule has 0 N–H and O–H groups in total. The third-order valence-electron chi connectivity index (χ3n) is 5.84. The number of rotatable bonds is 5. The van der Waals surface area contributed by atoms with E-state index in [-0.39, 0.29) is 18.4 Å². The Morgan fingerprint density at radius 3 is 2.60 bits per heavy atom. The summed E-state index contributed by atoms with van der Waals surface area (Å²) < 4.78 is 27.8. The fourth-order valence-corrected chi connectivity index (χ4v) is 7.11. The molecule has 2 fully saturated rings. The van der Waals surface area contributed by atoms with Gasteiger partial charge in [0.05, 0.1) is 11.6 Å². The van der Waals surface area contributed by atoms with Crippen LogP contribution in [0.5, 0.6) is 0 Å². The van der Waals surface area contributed by atoms with Gasteiger partial charge in [-0.1, -0.05) is 6.07 Å². The molecule has 7 nitrogen and oxygen atoms in total. The van der Waals surface area contributed by atoms with E-state index in [1.165, 1.54) is 15.6 Å². The number of piperazine rings is 1. The number of hydrogen-bond acceptors (Lipinski definition) is 6. The van der Waals surface area contributed by atoms with Crippen molar-refractivity contribution in [1.29, 1.82) is 0 Å². The lowest BCUT2D eigenvalue weighted by molar-refractivity contribution is -0.138. The van der Waals surface area contributed by atoms with Crippen LogP contribution in [0, 0.1) is 12.8 Å². The van der Waals surface area contributed by atoms with Gasteiger partial charge in [-0.25, -0.2) is 8.42 Å². The number of sulfonamides is 1. The molecule has 0 aliphatic carbocycles. The molecule has 0 aromatic carbocycles. The third kappa shape index (κ3) is 4.74. The number of aryl methyl sites for hydroxylation is 1. The predicted octanol–water partition coefficient (Wildman–Crippen LogP) is 2.20. The van der Waals surface area contributed by atoms with Crippen molar-refractivity contribution in [1.82, 2.24) is 19.1 Å². The molecular formula is C21H28N4O3S2. The lowest BCUT2D eigenvalue weighted by Gasteiger charge is -2.38. The van der Waals surface area contributed by atoms with Gasteiger partial charge in [0.15, 0.2) is 0 Å². The predicted molar refractivity (Wildman–Crippen MR) is 117 cm³/mol. The van der Waals surface area contributed by atoms with Gasteiger partial charge < -0.3 is 4.90 Å². The molecule has 162 valence electrons. The largest absolute Gasteiger partial charge is 0.340 e. The van der Waals surface area contributed by atoms with Gasteiger partial charge in [-0.2, -0.15) is 4.31 Å². The van der Waals surface area contributed by atoms with Crippen molar-refractivity contribution >= 4 is 27.3 Å². The van der Waals surface area contributed by atoms with Crippen LogP contribution in [0.25, 0.3) is 0 Å². The molecule has 30 heavy (non-hydrogen) atoms. The van der Waals surface area contributed by atoms with Crippen LogP contribution in [0.15, 0.2) is 40.7 Å². The number of carbonyl (C=O) groups excluding carboxylic acids is 1. The minimum absolute atomic E-state index is 0.0924. The second-order valence-electron chi connectivity index (χ2n) is 7.99. The molecule has 2 aliphatic rings. The van der Waals surface area contributed by atoms with Crippen molar-refractivity contribution in [2.45, 2.75) is 30.5 Å². The van der Waals surface area contributed by atoms with Gasteiger partial charge in [-0.3, -0.25) is 14.7 Å². The summed E-state index contributed by atoms with van der Waals surface area (Å²) >= 11 is 1.29. The van der Waals surface area contributed by atoms with Gasteiger partial charge >= 0.3 is 0 Å². The molecule has 2 aromatic rings. The van der Waals surface area contributed by atoms with Crippen LogP contribution in [-0.4, -0.2) is 72.7 Å². The highest BCUT2D eigenvalue weighted by Gasteiger charge is 2.36. The first-order chi connectivity index (χ1) is 14.4. The Balaban J connectivity index is 1.34. The van der Waals surface area contributed by atoms with Crippen molar-refractivity contribution in [3.8, 4) is 0 Å². The van der Waals surface area contributed by atoms with Gasteiger partial charge in [-0.05, 0) is 44.0 Å². The zero-order valence-electron chi connectivity index (χ0n) is 17.2. The van der Waals surface area contributed by atoms with Gasteiger partial charge in [0.25, 0.3) is 10.0 Å². The maximum atomic E-state index is 13.1. The van der Waals surface area contributed by atoms with E-state index in [9.17, 15) is 13.2 Å². The topological polar surface area (TPSA) is 73.8 Å². The molecule has 0 spiro atoms. The van der Waals surface area contributed by atoms with Crippen LogP contribution >= 0.6 is 11.3 Å². The standard InChI is InChI=1S/C21H28N4O3S2/c1-17-7-8-20(29-17)30(27,28)25-10-4-5-18(15-25)21(26)24-13-11-23(12-14-24)16-19-6-2-3-9-22-19/h2-3,6-9,18H,4-5,10-16H2,1H3. The van der Waals surface area contributed by atoms with Crippen molar-refractivity contribution in [3.05, 3.63) is 47.1 Å². The second kappa shape index (κ2) is 9.13. The molecule has 2 aromatic heterocycles. The average molecular weight is 449 g/mol. The molecule has 2 saturated heterocycles. The van der Waals surface area contributed by atoms with E-state index in [0.29, 0.717) is 23.8 Å². The number of thiophene rings is 1. The summed E-state index contributed by atoms with van der Waals surface area (Å²) in [6.07, 6.45) is 3.28. The van der Waals surface area contributed by atoms with E-state index in [1.54, 1.807) is 12.3 Å². The number of pyridine rings is 1. The van der Waals surface area contributed by atoms with Crippen molar-refractivity contribution in [3.63, 3.8) is 0 Å². The van der Waals surface area contributed by atoms with Crippen LogP contribution < -0.4 is 0 Å². The van der Waals surface area contributed by atoms with Crippen molar-refractivity contribution in [2.24, 2.45) is 5.92 Å². The number of aromatic nitrogens is 1. The molecule has 4 heterocycles. The Morgan fingerprint density at radius 1 is 1.13 bits per heavy atom. The Hall–Kier alpha value is -1.81. The summed E-state index contributed by atoms with van der Waals surface area (Å²) in [5.41, 5.74) is 1.04. The number of piperidine rings is 1. The van der Waals surface area contributed by atoms with E-state index in [4.69, 9.17) is 0 Å². The Morgan fingerprint density at radius 2 is 1.93 bits per heavy atom. The summed E-state index contributed by atoms with van der Waals surface area (Å²) in [5.74, 6) is -0.160. The van der Waals surface area contributed by atoms with Crippen LogP contribution in [0.1, 0.15) is 23.4 Å². The molecule has 1 amide bonds. The number of hydrogen-bond donors (Lipinski definition) is 0. The normalized spacial score (nSPS) is 21.6. The molecular weight excluding hydrogens is 420 g/mol. The maximum absolute atomic E-state index is 13.1. The van der Waals surface area contributed by atoms with Gasteiger partial charge in [0.2, 0.25) is 5.91 Å². The number of nitrogens with zero attached hydrogens (tertiary/aromatic N) is 4. The fraction of sp³-hybridized carbons (Fsp3) is 0.524. The molecule has 9 heteroatoms. The van der Waals surface area contributed by atoms with Gasteiger partial charge in [0.1, 0.15) is 4.21 Å². The van der Waals surface area contributed by atoms with Gasteiger partial charge in [0, 0.05) is 56.9 Å². The van der Waals surface area contributed by atoms with E-state index in [0.717, 1.165) is 43.0 Å². The molecule has 0 bridgehead atoms.